The van der Waals surface area contributed by atoms with Gasteiger partial charge in [-0.15, -0.1) is 0 Å². The highest BCUT2D eigenvalue weighted by atomic mass is 16.2. The molecule has 3 rings (SSSR count). The number of likely N-dealkylation sites (tertiary alicyclic amines) is 1. The van der Waals surface area contributed by atoms with Crippen LogP contribution in [0.5, 0.6) is 0 Å². The number of aryl methyl sites for hydroxylation is 1. The fourth-order valence-corrected chi connectivity index (χ4v) is 3.77. The molecule has 1 atom stereocenters. The Morgan fingerprint density at radius 3 is 2.67 bits per heavy atom. The average Bonchev–Trinajstić information content (AvgIpc) is 2.77. The molecule has 1 saturated heterocycles. The highest BCUT2D eigenvalue weighted by Crippen LogP contribution is 2.30. The molecule has 2 heterocycles. The Morgan fingerprint density at radius 2 is 1.97 bits per heavy atom. The number of piperidine rings is 1. The lowest BCUT2D eigenvalue weighted by Gasteiger charge is -2.35. The Kier molecular flexibility index (Phi) is 7.38. The van der Waals surface area contributed by atoms with E-state index in [9.17, 15) is 9.59 Å². The zero-order valence-corrected chi connectivity index (χ0v) is 18.1. The Hall–Kier alpha value is -2.96. The summed E-state index contributed by atoms with van der Waals surface area (Å²) in [6.45, 7) is 2.68. The second kappa shape index (κ2) is 10.2. The Labute approximate surface area is 178 Å². The van der Waals surface area contributed by atoms with Crippen LogP contribution < -0.4 is 5.32 Å². The number of nitrogens with one attached hydrogen (secondary N) is 1. The number of rotatable bonds is 7. The minimum absolute atomic E-state index is 0.0171. The third kappa shape index (κ3) is 5.55. The van der Waals surface area contributed by atoms with Gasteiger partial charge in [0.2, 0.25) is 11.8 Å². The molecule has 1 aliphatic heterocycles. The van der Waals surface area contributed by atoms with E-state index in [-0.39, 0.29) is 17.9 Å². The summed E-state index contributed by atoms with van der Waals surface area (Å²) in [7, 11) is 3.57. The minimum Gasteiger partial charge on any atom is -0.373 e. The molecule has 30 heavy (non-hydrogen) atoms. The van der Waals surface area contributed by atoms with Gasteiger partial charge in [0.25, 0.3) is 0 Å². The molecule has 160 valence electrons. The van der Waals surface area contributed by atoms with Gasteiger partial charge in [-0.1, -0.05) is 30.3 Å². The number of anilines is 1. The maximum Gasteiger partial charge on any atom is 0.223 e. The maximum absolute atomic E-state index is 13.1. The van der Waals surface area contributed by atoms with Crippen molar-refractivity contribution in [1.29, 1.82) is 0 Å². The molecule has 2 aromatic rings. The van der Waals surface area contributed by atoms with Crippen molar-refractivity contribution >= 4 is 17.6 Å². The molecule has 7 nitrogen and oxygen atoms in total. The lowest BCUT2D eigenvalue weighted by atomic mass is 10.00. The predicted octanol–water partition coefficient (Wildman–Crippen LogP) is 3.18. The predicted molar refractivity (Wildman–Crippen MR) is 117 cm³/mol. The van der Waals surface area contributed by atoms with Crippen LogP contribution in [-0.4, -0.2) is 52.2 Å². The number of nitrogens with zero attached hydrogens (tertiary/aromatic N) is 4. The molecule has 0 radical (unpaired) electrons. The summed E-state index contributed by atoms with van der Waals surface area (Å²) < 4.78 is 0. The first-order valence-corrected chi connectivity index (χ1v) is 10.6. The number of hydrogen-bond donors (Lipinski definition) is 1. The van der Waals surface area contributed by atoms with Gasteiger partial charge >= 0.3 is 0 Å². The van der Waals surface area contributed by atoms with Crippen LogP contribution >= 0.6 is 0 Å². The van der Waals surface area contributed by atoms with Crippen molar-refractivity contribution in [2.45, 2.75) is 51.6 Å². The van der Waals surface area contributed by atoms with Gasteiger partial charge in [0.15, 0.2) is 5.82 Å². The van der Waals surface area contributed by atoms with Gasteiger partial charge in [-0.2, -0.15) is 0 Å². The Morgan fingerprint density at radius 1 is 1.20 bits per heavy atom. The van der Waals surface area contributed by atoms with Crippen LogP contribution in [0.4, 0.5) is 5.82 Å². The molecule has 1 aromatic heterocycles. The van der Waals surface area contributed by atoms with Crippen molar-refractivity contribution in [2.75, 3.05) is 26.0 Å². The van der Waals surface area contributed by atoms with Crippen molar-refractivity contribution in [3.05, 3.63) is 53.5 Å². The van der Waals surface area contributed by atoms with Crippen molar-refractivity contribution in [3.8, 4) is 0 Å². The van der Waals surface area contributed by atoms with Crippen LogP contribution in [0.3, 0.4) is 0 Å². The maximum atomic E-state index is 13.1. The third-order valence-electron chi connectivity index (χ3n) is 5.58. The van der Waals surface area contributed by atoms with E-state index in [4.69, 9.17) is 4.98 Å². The molecule has 0 saturated carbocycles. The first-order valence-electron chi connectivity index (χ1n) is 10.6. The van der Waals surface area contributed by atoms with Crippen LogP contribution in [0.25, 0.3) is 0 Å². The molecule has 0 bridgehead atoms. The van der Waals surface area contributed by atoms with Gasteiger partial charge in [-0.05, 0) is 31.2 Å². The number of hydrogen-bond acceptors (Lipinski definition) is 5. The van der Waals surface area contributed by atoms with Crippen LogP contribution in [0.1, 0.15) is 55.7 Å². The molecule has 0 spiro atoms. The molecular formula is C23H31N5O2. The van der Waals surface area contributed by atoms with Crippen LogP contribution in [0.2, 0.25) is 0 Å². The molecule has 2 amide bonds. The summed E-state index contributed by atoms with van der Waals surface area (Å²) in [5.74, 6) is 1.48. The third-order valence-corrected chi connectivity index (χ3v) is 5.58. The fraction of sp³-hybridized carbons (Fsp3) is 0.478. The zero-order chi connectivity index (χ0) is 21.5. The minimum atomic E-state index is -0.128. The molecular weight excluding hydrogens is 378 g/mol. The van der Waals surface area contributed by atoms with Crippen LogP contribution in [0, 0.1) is 0 Å². The highest BCUT2D eigenvalue weighted by Gasteiger charge is 2.30. The van der Waals surface area contributed by atoms with Gasteiger partial charge in [0, 0.05) is 40.1 Å². The van der Waals surface area contributed by atoms with Gasteiger partial charge in [-0.3, -0.25) is 9.59 Å². The SMILES string of the molecule is CNc1cc(CN(C)C(C)=O)nc([C@H]2CCCCN2C(=O)CCc2ccccc2)n1. The summed E-state index contributed by atoms with van der Waals surface area (Å²) in [4.78, 5) is 37.7. The van der Waals surface area contributed by atoms with E-state index in [1.165, 1.54) is 12.5 Å². The van der Waals surface area contributed by atoms with Crippen molar-refractivity contribution in [3.63, 3.8) is 0 Å². The van der Waals surface area contributed by atoms with E-state index in [2.05, 4.69) is 22.4 Å². The van der Waals surface area contributed by atoms with Crippen LogP contribution in [-0.2, 0) is 22.6 Å². The first-order chi connectivity index (χ1) is 14.5. The van der Waals surface area contributed by atoms with Gasteiger partial charge in [-0.25, -0.2) is 9.97 Å². The molecule has 1 aromatic carbocycles. The lowest BCUT2D eigenvalue weighted by molar-refractivity contribution is -0.135. The Bertz CT molecular complexity index is 871. The van der Waals surface area contributed by atoms with E-state index in [0.29, 0.717) is 24.6 Å². The summed E-state index contributed by atoms with van der Waals surface area (Å²) in [5, 5.41) is 3.08. The van der Waals surface area contributed by atoms with E-state index < -0.39 is 0 Å². The van der Waals surface area contributed by atoms with Gasteiger partial charge in [0.1, 0.15) is 5.82 Å². The number of carbonyl (C=O) groups excluding carboxylic acids is 2. The monoisotopic (exact) mass is 409 g/mol. The van der Waals surface area contributed by atoms with Gasteiger partial charge < -0.3 is 15.1 Å². The summed E-state index contributed by atoms with van der Waals surface area (Å²) >= 11 is 0. The molecule has 0 unspecified atom stereocenters. The van der Waals surface area contributed by atoms with Crippen LogP contribution in [0.15, 0.2) is 36.4 Å². The van der Waals surface area contributed by atoms with Gasteiger partial charge in [0.05, 0.1) is 18.3 Å². The van der Waals surface area contributed by atoms with E-state index in [1.807, 2.05) is 36.2 Å². The summed E-state index contributed by atoms with van der Waals surface area (Å²) in [6, 6.07) is 11.8. The average molecular weight is 410 g/mol. The highest BCUT2D eigenvalue weighted by molar-refractivity contribution is 5.77. The standard InChI is InChI=1S/C23H31N5O2/c1-17(29)27(3)16-19-15-21(24-2)26-23(25-19)20-11-7-8-14-28(20)22(30)13-12-18-9-5-4-6-10-18/h4-6,9-10,15,20H,7-8,11-14,16H2,1-3H3,(H,24,25,26)/t20-/m1/s1. The zero-order valence-electron chi connectivity index (χ0n) is 18.1. The molecule has 7 heteroatoms. The number of aromatic nitrogens is 2. The molecule has 0 aliphatic carbocycles. The fourth-order valence-electron chi connectivity index (χ4n) is 3.77. The Balaban J connectivity index is 1.78. The summed E-state index contributed by atoms with van der Waals surface area (Å²) in [5.41, 5.74) is 1.94. The smallest absolute Gasteiger partial charge is 0.223 e. The molecule has 1 aliphatic rings. The second-order valence-electron chi connectivity index (χ2n) is 7.81. The quantitative estimate of drug-likeness (QED) is 0.760. The number of carbonyl (C=O) groups is 2. The molecule has 1 N–H and O–H groups in total. The number of amides is 2. The van der Waals surface area contributed by atoms with Crippen molar-refractivity contribution in [2.24, 2.45) is 0 Å². The summed E-state index contributed by atoms with van der Waals surface area (Å²) in [6.07, 6.45) is 4.11. The second-order valence-corrected chi connectivity index (χ2v) is 7.81. The normalized spacial score (nSPS) is 16.2. The van der Waals surface area contributed by atoms with E-state index in [1.54, 1.807) is 11.9 Å². The van der Waals surface area contributed by atoms with Crippen molar-refractivity contribution in [1.82, 2.24) is 19.8 Å². The molecule has 1 fully saturated rings. The lowest BCUT2D eigenvalue weighted by Crippen LogP contribution is -2.39. The van der Waals surface area contributed by atoms with Crippen molar-refractivity contribution < 1.29 is 9.59 Å². The van der Waals surface area contributed by atoms with E-state index in [0.717, 1.165) is 37.9 Å². The largest absolute Gasteiger partial charge is 0.373 e. The number of benzene rings is 1. The topological polar surface area (TPSA) is 78.4 Å². The van der Waals surface area contributed by atoms with E-state index >= 15 is 0 Å². The first kappa shape index (κ1) is 21.7.